The molecule has 1 aromatic rings. The highest BCUT2D eigenvalue weighted by Crippen LogP contribution is 2.26. The molecular formula is C15H22N2O4S. The molecule has 0 radical (unpaired) electrons. The van der Waals surface area contributed by atoms with Crippen LogP contribution in [0.1, 0.15) is 17.3 Å². The molecule has 0 bridgehead atoms. The Kier molecular flexibility index (Phi) is 5.08. The summed E-state index contributed by atoms with van der Waals surface area (Å²) in [7, 11) is -1.28. The average molecular weight is 326 g/mol. The number of likely N-dealkylation sites (N-methyl/N-ethyl adjacent to an activating group) is 1. The summed E-state index contributed by atoms with van der Waals surface area (Å²) < 4.78 is 28.6. The molecule has 2 rings (SSSR count). The van der Waals surface area contributed by atoms with Crippen LogP contribution in [0.5, 0.6) is 0 Å². The van der Waals surface area contributed by atoms with Gasteiger partial charge in [0.25, 0.3) is 0 Å². The first-order valence-electron chi connectivity index (χ1n) is 7.27. The summed E-state index contributed by atoms with van der Waals surface area (Å²) in [4.78, 5) is 16.6. The van der Waals surface area contributed by atoms with Crippen LogP contribution in [0.4, 0.5) is 5.69 Å². The maximum Gasteiger partial charge on any atom is 0.340 e. The molecule has 0 N–H and O–H groups in total. The molecule has 0 atom stereocenters. The number of piperazine rings is 1. The lowest BCUT2D eigenvalue weighted by atomic mass is 10.1. The van der Waals surface area contributed by atoms with E-state index in [1.54, 1.807) is 19.1 Å². The SMILES string of the molecule is CCOC(=O)c1ccc(S(C)(=O)=O)cc1N1CCN(C)CC1. The quantitative estimate of drug-likeness (QED) is 0.770. The zero-order valence-electron chi connectivity index (χ0n) is 13.2. The van der Waals surface area contributed by atoms with E-state index in [0.717, 1.165) is 26.2 Å². The highest BCUT2D eigenvalue weighted by Gasteiger charge is 2.23. The third kappa shape index (κ3) is 3.78. The minimum Gasteiger partial charge on any atom is -0.462 e. The minimum atomic E-state index is -3.32. The third-order valence-electron chi connectivity index (χ3n) is 3.74. The van der Waals surface area contributed by atoms with Gasteiger partial charge in [-0.25, -0.2) is 13.2 Å². The smallest absolute Gasteiger partial charge is 0.340 e. The summed E-state index contributed by atoms with van der Waals surface area (Å²) in [5.74, 6) is -0.420. The molecule has 7 heteroatoms. The largest absolute Gasteiger partial charge is 0.462 e. The van der Waals surface area contributed by atoms with E-state index in [9.17, 15) is 13.2 Å². The molecule has 1 aliphatic rings. The fourth-order valence-electron chi connectivity index (χ4n) is 2.43. The zero-order valence-corrected chi connectivity index (χ0v) is 14.0. The Morgan fingerprint density at radius 1 is 1.23 bits per heavy atom. The Bertz CT molecular complexity index is 650. The first-order chi connectivity index (χ1) is 10.3. The first kappa shape index (κ1) is 16.8. The molecule has 22 heavy (non-hydrogen) atoms. The van der Waals surface area contributed by atoms with Gasteiger partial charge in [-0.3, -0.25) is 0 Å². The van der Waals surface area contributed by atoms with Crippen LogP contribution in [0.2, 0.25) is 0 Å². The number of carbonyl (C=O) groups excluding carboxylic acids is 1. The Morgan fingerprint density at radius 2 is 1.86 bits per heavy atom. The second kappa shape index (κ2) is 6.66. The molecule has 6 nitrogen and oxygen atoms in total. The van der Waals surface area contributed by atoms with Crippen LogP contribution < -0.4 is 4.90 Å². The van der Waals surface area contributed by atoms with Crippen LogP contribution in [0.15, 0.2) is 23.1 Å². The molecule has 1 fully saturated rings. The van der Waals surface area contributed by atoms with E-state index in [2.05, 4.69) is 4.90 Å². The van der Waals surface area contributed by atoms with Crippen molar-refractivity contribution >= 4 is 21.5 Å². The summed E-state index contributed by atoms with van der Waals surface area (Å²) in [6, 6.07) is 4.58. The topological polar surface area (TPSA) is 66.9 Å². The monoisotopic (exact) mass is 326 g/mol. The van der Waals surface area contributed by atoms with Gasteiger partial charge >= 0.3 is 5.97 Å². The van der Waals surface area contributed by atoms with E-state index >= 15 is 0 Å². The number of rotatable bonds is 4. The van der Waals surface area contributed by atoms with Gasteiger partial charge in [0.2, 0.25) is 0 Å². The van der Waals surface area contributed by atoms with Crippen molar-refractivity contribution in [1.82, 2.24) is 4.90 Å². The zero-order chi connectivity index (χ0) is 16.3. The lowest BCUT2D eigenvalue weighted by molar-refractivity contribution is 0.0527. The van der Waals surface area contributed by atoms with Gasteiger partial charge in [-0.15, -0.1) is 0 Å². The van der Waals surface area contributed by atoms with Crippen molar-refractivity contribution in [2.75, 3.05) is 51.0 Å². The summed E-state index contributed by atoms with van der Waals surface area (Å²) in [6.07, 6.45) is 1.17. The summed E-state index contributed by atoms with van der Waals surface area (Å²) >= 11 is 0. The maximum atomic E-state index is 12.1. The van der Waals surface area contributed by atoms with Crippen LogP contribution >= 0.6 is 0 Å². The molecule has 0 saturated carbocycles. The fourth-order valence-corrected chi connectivity index (χ4v) is 3.07. The molecule has 122 valence electrons. The Morgan fingerprint density at radius 3 is 2.41 bits per heavy atom. The Balaban J connectivity index is 2.43. The van der Waals surface area contributed by atoms with Crippen LogP contribution in [-0.4, -0.2) is 65.4 Å². The van der Waals surface area contributed by atoms with Gasteiger partial charge in [0.15, 0.2) is 9.84 Å². The molecular weight excluding hydrogens is 304 g/mol. The molecule has 1 aliphatic heterocycles. The summed E-state index contributed by atoms with van der Waals surface area (Å²) in [5.41, 5.74) is 1.05. The number of esters is 1. The highest BCUT2D eigenvalue weighted by atomic mass is 32.2. The second-order valence-electron chi connectivity index (χ2n) is 5.46. The minimum absolute atomic E-state index is 0.217. The van der Waals surface area contributed by atoms with Gasteiger partial charge in [0.05, 0.1) is 22.8 Å². The normalized spacial score (nSPS) is 16.6. The second-order valence-corrected chi connectivity index (χ2v) is 7.48. The summed E-state index contributed by atoms with van der Waals surface area (Å²) in [6.45, 7) is 5.26. The Hall–Kier alpha value is -1.60. The Labute approximate surface area is 131 Å². The number of ether oxygens (including phenoxy) is 1. The summed E-state index contributed by atoms with van der Waals surface area (Å²) in [5, 5.41) is 0. The predicted molar refractivity (Wildman–Crippen MR) is 85.2 cm³/mol. The molecule has 1 saturated heterocycles. The molecule has 0 amide bonds. The van der Waals surface area contributed by atoms with E-state index < -0.39 is 15.8 Å². The van der Waals surface area contributed by atoms with Crippen molar-refractivity contribution in [3.05, 3.63) is 23.8 Å². The molecule has 1 aromatic carbocycles. The standard InChI is InChI=1S/C15H22N2O4S/c1-4-21-15(18)13-6-5-12(22(3,19)20)11-14(13)17-9-7-16(2)8-10-17/h5-6,11H,4,7-10H2,1-3H3. The van der Waals surface area contributed by atoms with Crippen LogP contribution in [0.25, 0.3) is 0 Å². The van der Waals surface area contributed by atoms with E-state index in [-0.39, 0.29) is 11.5 Å². The number of carbonyl (C=O) groups is 1. The van der Waals surface area contributed by atoms with Crippen molar-refractivity contribution in [3.63, 3.8) is 0 Å². The molecule has 0 unspecified atom stereocenters. The van der Waals surface area contributed by atoms with Gasteiger partial charge in [0, 0.05) is 32.4 Å². The number of hydrogen-bond donors (Lipinski definition) is 0. The number of nitrogens with zero attached hydrogens (tertiary/aromatic N) is 2. The van der Waals surface area contributed by atoms with Crippen molar-refractivity contribution in [2.45, 2.75) is 11.8 Å². The van der Waals surface area contributed by atoms with Crippen molar-refractivity contribution < 1.29 is 17.9 Å². The number of hydrogen-bond acceptors (Lipinski definition) is 6. The van der Waals surface area contributed by atoms with Gasteiger partial charge < -0.3 is 14.5 Å². The molecule has 0 aliphatic carbocycles. The molecule has 0 spiro atoms. The van der Waals surface area contributed by atoms with Crippen molar-refractivity contribution in [2.24, 2.45) is 0 Å². The van der Waals surface area contributed by atoms with Gasteiger partial charge in [0.1, 0.15) is 0 Å². The van der Waals surface area contributed by atoms with Gasteiger partial charge in [-0.1, -0.05) is 0 Å². The van der Waals surface area contributed by atoms with E-state index in [1.807, 2.05) is 11.9 Å². The molecule has 1 heterocycles. The molecule has 0 aromatic heterocycles. The third-order valence-corrected chi connectivity index (χ3v) is 4.85. The van der Waals surface area contributed by atoms with Crippen molar-refractivity contribution in [1.29, 1.82) is 0 Å². The van der Waals surface area contributed by atoms with Crippen molar-refractivity contribution in [3.8, 4) is 0 Å². The number of anilines is 1. The van der Waals surface area contributed by atoms with E-state index in [1.165, 1.54) is 12.3 Å². The lowest BCUT2D eigenvalue weighted by Crippen LogP contribution is -2.45. The predicted octanol–water partition coefficient (Wildman–Crippen LogP) is 1.02. The van der Waals surface area contributed by atoms with E-state index in [0.29, 0.717) is 11.3 Å². The van der Waals surface area contributed by atoms with Crippen LogP contribution in [-0.2, 0) is 14.6 Å². The number of benzene rings is 1. The lowest BCUT2D eigenvalue weighted by Gasteiger charge is -2.35. The van der Waals surface area contributed by atoms with Gasteiger partial charge in [-0.05, 0) is 32.2 Å². The average Bonchev–Trinajstić information content (AvgIpc) is 2.47. The number of sulfone groups is 1. The van der Waals surface area contributed by atoms with E-state index in [4.69, 9.17) is 4.74 Å². The first-order valence-corrected chi connectivity index (χ1v) is 9.16. The fraction of sp³-hybridized carbons (Fsp3) is 0.533. The highest BCUT2D eigenvalue weighted by molar-refractivity contribution is 7.90. The maximum absolute atomic E-state index is 12.1. The van der Waals surface area contributed by atoms with Crippen LogP contribution in [0.3, 0.4) is 0 Å². The van der Waals surface area contributed by atoms with Crippen LogP contribution in [0, 0.1) is 0 Å². The van der Waals surface area contributed by atoms with Gasteiger partial charge in [-0.2, -0.15) is 0 Å².